The Morgan fingerprint density at radius 3 is 3.12 bits per heavy atom. The van der Waals surface area contributed by atoms with E-state index in [-0.39, 0.29) is 17.6 Å². The van der Waals surface area contributed by atoms with E-state index in [2.05, 4.69) is 14.9 Å². The summed E-state index contributed by atoms with van der Waals surface area (Å²) in [4.78, 5) is 15.1. The van der Waals surface area contributed by atoms with Crippen LogP contribution in [0.2, 0.25) is 0 Å². The van der Waals surface area contributed by atoms with E-state index in [1.807, 2.05) is 0 Å². The van der Waals surface area contributed by atoms with Crippen LogP contribution in [0.15, 0.2) is 5.28 Å². The van der Waals surface area contributed by atoms with Gasteiger partial charge in [0.25, 0.3) is 6.79 Å². The third-order valence-corrected chi connectivity index (χ3v) is 2.22. The lowest BCUT2D eigenvalue weighted by Crippen LogP contribution is -2.37. The molecule has 1 saturated heterocycles. The standard InChI is InChI=1S/C8H15N3O5/c1-7(13)15-6-16-9-11(14)10-4-2-3-8(10)5-12/h8,12H,2-6H2,1H3/b11-9-/t8-/m0/s1. The highest BCUT2D eigenvalue weighted by atomic mass is 16.8. The SMILES string of the molecule is CC(=O)OCO/N=[N+](\[O-])N1CCC[C@H]1CO. The number of nitrogens with zero attached hydrogens (tertiary/aromatic N) is 3. The van der Waals surface area contributed by atoms with Crippen LogP contribution in [0.5, 0.6) is 0 Å². The molecule has 0 unspecified atom stereocenters. The van der Waals surface area contributed by atoms with Crippen LogP contribution in [0.3, 0.4) is 0 Å². The summed E-state index contributed by atoms with van der Waals surface area (Å²) < 4.78 is 4.42. The number of ether oxygens (including phenoxy) is 1. The van der Waals surface area contributed by atoms with Gasteiger partial charge in [0.05, 0.1) is 18.1 Å². The molecule has 1 atom stereocenters. The number of carbonyl (C=O) groups excluding carboxylic acids is 1. The van der Waals surface area contributed by atoms with E-state index >= 15 is 0 Å². The number of aliphatic hydroxyl groups excluding tert-OH is 1. The Bertz CT molecular complexity index is 270. The Balaban J connectivity index is 2.34. The third-order valence-electron chi connectivity index (χ3n) is 2.22. The van der Waals surface area contributed by atoms with E-state index in [0.717, 1.165) is 12.8 Å². The maximum absolute atomic E-state index is 11.4. The molecule has 1 fully saturated rings. The van der Waals surface area contributed by atoms with Crippen molar-refractivity contribution in [2.45, 2.75) is 25.8 Å². The number of hydrogen-bond acceptors (Lipinski definition) is 6. The number of carbonyl (C=O) groups is 1. The zero-order chi connectivity index (χ0) is 12.0. The van der Waals surface area contributed by atoms with Crippen LogP contribution >= 0.6 is 0 Å². The summed E-state index contributed by atoms with van der Waals surface area (Å²) in [5, 5.41) is 24.9. The lowest BCUT2D eigenvalue weighted by Gasteiger charge is -2.17. The lowest BCUT2D eigenvalue weighted by molar-refractivity contribution is -0.715. The van der Waals surface area contributed by atoms with Crippen molar-refractivity contribution in [3.05, 3.63) is 5.21 Å². The minimum Gasteiger partial charge on any atom is -0.569 e. The summed E-state index contributed by atoms with van der Waals surface area (Å²) >= 11 is 0. The number of esters is 1. The molecule has 1 aliphatic rings. The van der Waals surface area contributed by atoms with Crippen LogP contribution < -0.4 is 0 Å². The molecular formula is C8H15N3O5. The fourth-order valence-electron chi connectivity index (χ4n) is 1.46. The summed E-state index contributed by atoms with van der Waals surface area (Å²) in [6, 6.07) is -0.224. The van der Waals surface area contributed by atoms with E-state index in [9.17, 15) is 10.0 Å². The highest BCUT2D eigenvalue weighted by Crippen LogP contribution is 2.16. The van der Waals surface area contributed by atoms with Crippen molar-refractivity contribution in [2.24, 2.45) is 5.28 Å². The third kappa shape index (κ3) is 3.54. The summed E-state index contributed by atoms with van der Waals surface area (Å²) in [6.45, 7) is 1.25. The first kappa shape index (κ1) is 12.5. The topological polar surface area (TPSA) is 97.4 Å². The largest absolute Gasteiger partial charge is 0.569 e. The van der Waals surface area contributed by atoms with Crippen molar-refractivity contribution in [3.8, 4) is 0 Å². The van der Waals surface area contributed by atoms with Crippen molar-refractivity contribution in [3.63, 3.8) is 0 Å². The van der Waals surface area contributed by atoms with Gasteiger partial charge in [-0.1, -0.05) is 0 Å². The fraction of sp³-hybridized carbons (Fsp3) is 0.875. The normalized spacial score (nSPS) is 21.0. The van der Waals surface area contributed by atoms with Crippen molar-refractivity contribution in [2.75, 3.05) is 19.9 Å². The Morgan fingerprint density at radius 1 is 1.75 bits per heavy atom. The second-order valence-electron chi connectivity index (χ2n) is 3.36. The number of hydrogen-bond donors (Lipinski definition) is 1. The molecule has 1 N–H and O–H groups in total. The molecule has 0 radical (unpaired) electrons. The van der Waals surface area contributed by atoms with Gasteiger partial charge >= 0.3 is 5.97 Å². The average molecular weight is 233 g/mol. The van der Waals surface area contributed by atoms with Gasteiger partial charge in [0.2, 0.25) is 5.28 Å². The Kier molecular flexibility index (Phi) is 4.77. The van der Waals surface area contributed by atoms with Gasteiger partial charge in [-0.25, -0.2) is 0 Å². The average Bonchev–Trinajstić information content (AvgIpc) is 2.71. The maximum Gasteiger partial charge on any atom is 0.305 e. The molecule has 92 valence electrons. The van der Waals surface area contributed by atoms with Gasteiger partial charge in [-0.15, -0.1) is 5.01 Å². The van der Waals surface area contributed by atoms with Crippen molar-refractivity contribution in [1.29, 1.82) is 0 Å². The Labute approximate surface area is 92.6 Å². The molecule has 0 aliphatic carbocycles. The minimum atomic E-state index is -0.512. The smallest absolute Gasteiger partial charge is 0.305 e. The van der Waals surface area contributed by atoms with Crippen LogP contribution in [-0.4, -0.2) is 47.0 Å². The van der Waals surface area contributed by atoms with Crippen molar-refractivity contribution in [1.82, 2.24) is 5.01 Å². The lowest BCUT2D eigenvalue weighted by atomic mass is 10.2. The number of rotatable bonds is 5. The van der Waals surface area contributed by atoms with Gasteiger partial charge in [0.15, 0.2) is 0 Å². The minimum absolute atomic E-state index is 0.0990. The van der Waals surface area contributed by atoms with E-state index in [0.29, 0.717) is 6.54 Å². The van der Waals surface area contributed by atoms with E-state index < -0.39 is 12.8 Å². The molecule has 0 aromatic carbocycles. The van der Waals surface area contributed by atoms with Crippen LogP contribution in [0.25, 0.3) is 0 Å². The monoisotopic (exact) mass is 233 g/mol. The van der Waals surface area contributed by atoms with Crippen LogP contribution in [0.4, 0.5) is 0 Å². The quantitative estimate of drug-likeness (QED) is 0.176. The molecule has 8 nitrogen and oxygen atoms in total. The van der Waals surface area contributed by atoms with E-state index in [4.69, 9.17) is 5.11 Å². The van der Waals surface area contributed by atoms with Crippen LogP contribution in [0, 0.1) is 5.21 Å². The summed E-state index contributed by atoms with van der Waals surface area (Å²) in [6.07, 6.45) is 1.57. The molecule has 1 rings (SSSR count). The van der Waals surface area contributed by atoms with Gasteiger partial charge in [-0.3, -0.25) is 4.79 Å². The van der Waals surface area contributed by atoms with Gasteiger partial charge in [-0.2, -0.15) is 0 Å². The van der Waals surface area contributed by atoms with Crippen molar-refractivity contribution < 1.29 is 24.4 Å². The molecule has 8 heteroatoms. The Hall–Kier alpha value is -1.57. The molecule has 0 saturated carbocycles. The van der Waals surface area contributed by atoms with Gasteiger partial charge in [0.1, 0.15) is 6.04 Å². The predicted octanol–water partition coefficient (Wildman–Crippen LogP) is -0.227. The highest BCUT2D eigenvalue weighted by Gasteiger charge is 2.30. The summed E-state index contributed by atoms with van der Waals surface area (Å²) in [5.74, 6) is -0.512. The van der Waals surface area contributed by atoms with Crippen LogP contribution in [0.1, 0.15) is 19.8 Å². The second-order valence-corrected chi connectivity index (χ2v) is 3.36. The first-order valence-corrected chi connectivity index (χ1v) is 4.96. The van der Waals surface area contributed by atoms with Gasteiger partial charge in [0, 0.05) is 6.92 Å². The molecule has 0 spiro atoms. The van der Waals surface area contributed by atoms with Crippen LogP contribution in [-0.2, 0) is 14.4 Å². The van der Waals surface area contributed by atoms with E-state index in [1.165, 1.54) is 11.9 Å². The molecule has 1 heterocycles. The maximum atomic E-state index is 11.4. The Morgan fingerprint density at radius 2 is 2.50 bits per heavy atom. The van der Waals surface area contributed by atoms with E-state index in [1.54, 1.807) is 0 Å². The second kappa shape index (κ2) is 6.11. The van der Waals surface area contributed by atoms with Gasteiger partial charge in [-0.05, 0) is 12.8 Å². The zero-order valence-electron chi connectivity index (χ0n) is 9.03. The molecule has 0 aromatic rings. The summed E-state index contributed by atoms with van der Waals surface area (Å²) in [7, 11) is 0. The molecule has 0 aromatic heterocycles. The van der Waals surface area contributed by atoms with Crippen molar-refractivity contribution >= 4 is 5.97 Å². The zero-order valence-corrected chi connectivity index (χ0v) is 9.03. The highest BCUT2D eigenvalue weighted by molar-refractivity contribution is 5.65. The molecular weight excluding hydrogens is 218 g/mol. The fourth-order valence-corrected chi connectivity index (χ4v) is 1.46. The molecule has 0 amide bonds. The molecule has 1 aliphatic heterocycles. The first-order chi connectivity index (χ1) is 7.65. The predicted molar refractivity (Wildman–Crippen MR) is 50.6 cm³/mol. The number of aliphatic hydroxyl groups is 1. The first-order valence-electron chi connectivity index (χ1n) is 4.96. The number of hydrazine groups is 1. The molecule has 16 heavy (non-hydrogen) atoms. The van der Waals surface area contributed by atoms with Gasteiger partial charge < -0.3 is 19.9 Å². The summed E-state index contributed by atoms with van der Waals surface area (Å²) in [5.41, 5.74) is 0. The molecule has 0 bridgehead atoms.